The quantitative estimate of drug-likeness (QED) is 0.468. The second kappa shape index (κ2) is 10.0. The van der Waals surface area contributed by atoms with Crippen molar-refractivity contribution < 1.29 is 32.2 Å². The molecule has 0 aliphatic carbocycles. The standard InChI is InChI=1S/C20H20ClNO7S/c21-18-7-6-16(30(25,26)22-8-10-27-11-9-22)14-17(18)20(24)29-13-12-28-19(23)15-4-2-1-3-5-15/h1-7,14H,8-13H2. The lowest BCUT2D eigenvalue weighted by Crippen LogP contribution is -2.40. The summed E-state index contributed by atoms with van der Waals surface area (Å²) in [5, 5.41) is 0.0576. The van der Waals surface area contributed by atoms with E-state index < -0.39 is 22.0 Å². The van der Waals surface area contributed by atoms with Crippen molar-refractivity contribution in [1.82, 2.24) is 4.31 Å². The first-order valence-corrected chi connectivity index (χ1v) is 11.0. The van der Waals surface area contributed by atoms with E-state index in [-0.39, 0.29) is 41.8 Å². The van der Waals surface area contributed by atoms with Crippen molar-refractivity contribution in [2.75, 3.05) is 39.5 Å². The van der Waals surface area contributed by atoms with Crippen LogP contribution in [0.4, 0.5) is 0 Å². The fraction of sp³-hybridized carbons (Fsp3) is 0.300. The summed E-state index contributed by atoms with van der Waals surface area (Å²) in [5.41, 5.74) is 0.299. The molecule has 2 aromatic rings. The van der Waals surface area contributed by atoms with Gasteiger partial charge in [0.1, 0.15) is 13.2 Å². The summed E-state index contributed by atoms with van der Waals surface area (Å²) in [6, 6.07) is 12.3. The van der Waals surface area contributed by atoms with E-state index in [2.05, 4.69) is 0 Å². The van der Waals surface area contributed by atoms with Gasteiger partial charge < -0.3 is 14.2 Å². The van der Waals surface area contributed by atoms with Gasteiger partial charge in [-0.3, -0.25) is 0 Å². The highest BCUT2D eigenvalue weighted by atomic mass is 35.5. The number of esters is 2. The number of morpholine rings is 1. The van der Waals surface area contributed by atoms with Gasteiger partial charge in [-0.25, -0.2) is 18.0 Å². The predicted molar refractivity (Wildman–Crippen MR) is 108 cm³/mol. The normalized spacial score (nSPS) is 14.8. The number of hydrogen-bond acceptors (Lipinski definition) is 7. The van der Waals surface area contributed by atoms with Crippen LogP contribution in [-0.4, -0.2) is 64.2 Å². The number of halogens is 1. The predicted octanol–water partition coefficient (Wildman–Crippen LogP) is 2.37. The molecular weight excluding hydrogens is 434 g/mol. The number of benzene rings is 2. The molecule has 0 amide bonds. The van der Waals surface area contributed by atoms with Crippen LogP contribution in [0.15, 0.2) is 53.4 Å². The van der Waals surface area contributed by atoms with Crippen LogP contribution < -0.4 is 0 Å². The molecule has 1 saturated heterocycles. The zero-order chi connectivity index (χ0) is 21.6. The topological polar surface area (TPSA) is 99.2 Å². The van der Waals surface area contributed by atoms with E-state index in [9.17, 15) is 18.0 Å². The minimum absolute atomic E-state index is 0.0576. The van der Waals surface area contributed by atoms with Crippen molar-refractivity contribution in [1.29, 1.82) is 0 Å². The molecule has 30 heavy (non-hydrogen) atoms. The van der Waals surface area contributed by atoms with Crippen LogP contribution in [0.1, 0.15) is 20.7 Å². The van der Waals surface area contributed by atoms with Gasteiger partial charge in [0.2, 0.25) is 10.0 Å². The van der Waals surface area contributed by atoms with Crippen LogP contribution >= 0.6 is 11.6 Å². The summed E-state index contributed by atoms with van der Waals surface area (Å²) in [5.74, 6) is -1.35. The van der Waals surface area contributed by atoms with Crippen LogP contribution in [0.25, 0.3) is 0 Å². The maximum atomic E-state index is 12.8. The Morgan fingerprint density at radius 2 is 1.60 bits per heavy atom. The van der Waals surface area contributed by atoms with Gasteiger partial charge in [-0.1, -0.05) is 29.8 Å². The number of nitrogens with zero attached hydrogens (tertiary/aromatic N) is 1. The second-order valence-electron chi connectivity index (χ2n) is 6.30. The third-order valence-corrected chi connectivity index (χ3v) is 6.55. The van der Waals surface area contributed by atoms with Gasteiger partial charge >= 0.3 is 11.9 Å². The highest BCUT2D eigenvalue weighted by Gasteiger charge is 2.28. The first-order chi connectivity index (χ1) is 14.4. The second-order valence-corrected chi connectivity index (χ2v) is 8.64. The minimum Gasteiger partial charge on any atom is -0.458 e. The van der Waals surface area contributed by atoms with E-state index in [0.717, 1.165) is 0 Å². The zero-order valence-corrected chi connectivity index (χ0v) is 17.5. The zero-order valence-electron chi connectivity index (χ0n) is 16.0. The molecule has 0 radical (unpaired) electrons. The number of rotatable bonds is 7. The third kappa shape index (κ3) is 5.37. The molecule has 0 atom stereocenters. The first kappa shape index (κ1) is 22.2. The van der Waals surface area contributed by atoms with Crippen LogP contribution in [0.5, 0.6) is 0 Å². The molecule has 1 heterocycles. The minimum atomic E-state index is -3.78. The van der Waals surface area contributed by atoms with Gasteiger partial charge in [0.15, 0.2) is 0 Å². The van der Waals surface area contributed by atoms with Gasteiger partial charge in [0.05, 0.1) is 34.3 Å². The summed E-state index contributed by atoms with van der Waals surface area (Å²) in [6.45, 7) is 0.735. The molecule has 1 fully saturated rings. The van der Waals surface area contributed by atoms with Gasteiger partial charge in [-0.15, -0.1) is 0 Å². The van der Waals surface area contributed by atoms with Crippen LogP contribution in [0.2, 0.25) is 5.02 Å². The van der Waals surface area contributed by atoms with Crippen LogP contribution in [-0.2, 0) is 24.2 Å². The number of sulfonamides is 1. The summed E-state index contributed by atoms with van der Waals surface area (Å²) >= 11 is 6.06. The Kier molecular flexibility index (Phi) is 7.43. The lowest BCUT2D eigenvalue weighted by molar-refractivity contribution is 0.0265. The Morgan fingerprint density at radius 3 is 2.27 bits per heavy atom. The number of hydrogen-bond donors (Lipinski definition) is 0. The van der Waals surface area contributed by atoms with Crippen molar-refractivity contribution in [3.63, 3.8) is 0 Å². The van der Waals surface area contributed by atoms with Gasteiger partial charge in [0, 0.05) is 13.1 Å². The lowest BCUT2D eigenvalue weighted by Gasteiger charge is -2.26. The smallest absolute Gasteiger partial charge is 0.339 e. The van der Waals surface area contributed by atoms with Gasteiger partial charge in [0.25, 0.3) is 0 Å². The molecule has 1 aliphatic rings. The van der Waals surface area contributed by atoms with Gasteiger partial charge in [-0.2, -0.15) is 4.31 Å². The summed E-state index contributed by atoms with van der Waals surface area (Å²) in [6.07, 6.45) is 0. The SMILES string of the molecule is O=C(OCCOC(=O)c1cc(S(=O)(=O)N2CCOCC2)ccc1Cl)c1ccccc1. The largest absolute Gasteiger partial charge is 0.458 e. The Labute approximate surface area is 179 Å². The molecule has 2 aromatic carbocycles. The average Bonchev–Trinajstić information content (AvgIpc) is 2.77. The molecule has 3 rings (SSSR count). The van der Waals surface area contributed by atoms with E-state index in [0.29, 0.717) is 18.8 Å². The molecule has 0 saturated carbocycles. The molecule has 0 N–H and O–H groups in total. The maximum Gasteiger partial charge on any atom is 0.339 e. The number of carbonyl (C=O) groups is 2. The van der Waals surface area contributed by atoms with Crippen LogP contribution in [0.3, 0.4) is 0 Å². The molecule has 10 heteroatoms. The number of carbonyl (C=O) groups excluding carboxylic acids is 2. The first-order valence-electron chi connectivity index (χ1n) is 9.16. The van der Waals surface area contributed by atoms with Crippen molar-refractivity contribution >= 4 is 33.6 Å². The molecule has 0 spiro atoms. The Bertz CT molecular complexity index is 1010. The van der Waals surface area contributed by atoms with Crippen molar-refractivity contribution in [3.8, 4) is 0 Å². The molecular formula is C20H20ClNO7S. The molecule has 0 aromatic heterocycles. The van der Waals surface area contributed by atoms with Crippen molar-refractivity contribution in [3.05, 3.63) is 64.7 Å². The summed E-state index contributed by atoms with van der Waals surface area (Å²) in [4.78, 5) is 24.2. The summed E-state index contributed by atoms with van der Waals surface area (Å²) in [7, 11) is -3.78. The van der Waals surface area contributed by atoms with E-state index in [1.165, 1.54) is 22.5 Å². The van der Waals surface area contributed by atoms with Crippen molar-refractivity contribution in [2.24, 2.45) is 0 Å². The molecule has 8 nitrogen and oxygen atoms in total. The van der Waals surface area contributed by atoms with E-state index >= 15 is 0 Å². The van der Waals surface area contributed by atoms with E-state index in [1.807, 2.05) is 0 Å². The lowest BCUT2D eigenvalue weighted by atomic mass is 10.2. The van der Waals surface area contributed by atoms with E-state index in [4.69, 9.17) is 25.8 Å². The Hall–Kier alpha value is -2.46. The van der Waals surface area contributed by atoms with Crippen molar-refractivity contribution in [2.45, 2.75) is 4.90 Å². The fourth-order valence-electron chi connectivity index (χ4n) is 2.76. The molecule has 160 valence electrons. The monoisotopic (exact) mass is 453 g/mol. The highest BCUT2D eigenvalue weighted by Crippen LogP contribution is 2.24. The molecule has 0 bridgehead atoms. The fourth-order valence-corrected chi connectivity index (χ4v) is 4.39. The summed E-state index contributed by atoms with van der Waals surface area (Å²) < 4.78 is 42.1. The maximum absolute atomic E-state index is 12.8. The highest BCUT2D eigenvalue weighted by molar-refractivity contribution is 7.89. The van der Waals surface area contributed by atoms with Gasteiger partial charge in [-0.05, 0) is 30.3 Å². The van der Waals surface area contributed by atoms with Crippen LogP contribution in [0, 0.1) is 0 Å². The Balaban J connectivity index is 1.60. The number of ether oxygens (including phenoxy) is 3. The molecule has 0 unspecified atom stereocenters. The van der Waals surface area contributed by atoms with E-state index in [1.54, 1.807) is 30.3 Å². The average molecular weight is 454 g/mol. The third-order valence-electron chi connectivity index (χ3n) is 4.32. The molecule has 1 aliphatic heterocycles. The Morgan fingerprint density at radius 1 is 0.967 bits per heavy atom.